The Balaban J connectivity index is 4.86. The molecule has 4 unspecified atom stereocenters. The van der Waals surface area contributed by atoms with Crippen LogP contribution in [0.25, 0.3) is 0 Å². The maximum atomic E-state index is 12.2. The van der Waals surface area contributed by atoms with Crippen LogP contribution in [-0.4, -0.2) is 88.6 Å². The summed E-state index contributed by atoms with van der Waals surface area (Å²) in [5.41, 5.74) is 13.0. The maximum absolute atomic E-state index is 12.2. The zero-order chi connectivity index (χ0) is 20.4. The minimum absolute atomic E-state index is 0.0739. The number of hydrazine groups is 1. The first-order valence-electron chi connectivity index (χ1n) is 7.62. The van der Waals surface area contributed by atoms with Gasteiger partial charge in [-0.3, -0.25) is 15.0 Å². The molecule has 0 rings (SSSR count). The fourth-order valence-electron chi connectivity index (χ4n) is 1.73. The number of aliphatic hydroxyl groups is 2. The normalized spacial score (nSPS) is 15.5. The summed E-state index contributed by atoms with van der Waals surface area (Å²) in [5.74, 6) is -3.17. The molecule has 0 radical (unpaired) electrons. The molecule has 0 aliphatic carbocycles. The van der Waals surface area contributed by atoms with Gasteiger partial charge in [0.05, 0.1) is 19.1 Å². The Morgan fingerprint density at radius 2 is 1.69 bits per heavy atom. The van der Waals surface area contributed by atoms with Gasteiger partial charge in [0.1, 0.15) is 6.04 Å². The summed E-state index contributed by atoms with van der Waals surface area (Å²) < 4.78 is 0. The summed E-state index contributed by atoms with van der Waals surface area (Å²) >= 11 is 0. The molecule has 150 valence electrons. The third-order valence-electron chi connectivity index (χ3n) is 3.22. The highest BCUT2D eigenvalue weighted by Gasteiger charge is 2.26. The van der Waals surface area contributed by atoms with Crippen molar-refractivity contribution in [3.63, 3.8) is 0 Å². The predicted molar refractivity (Wildman–Crippen MR) is 88.2 cm³/mol. The highest BCUT2D eigenvalue weighted by molar-refractivity contribution is 5.92. The first-order valence-corrected chi connectivity index (χ1v) is 7.62. The number of carboxylic acids is 1. The molecule has 4 amide bonds. The lowest BCUT2D eigenvalue weighted by Crippen LogP contribution is -2.58. The molecule has 0 aromatic rings. The van der Waals surface area contributed by atoms with Gasteiger partial charge in [0.15, 0.2) is 6.04 Å². The number of nitrogens with one attached hydrogen (secondary N) is 3. The predicted octanol–water partition coefficient (Wildman–Crippen LogP) is -4.35. The van der Waals surface area contributed by atoms with Crippen molar-refractivity contribution in [1.82, 2.24) is 21.1 Å². The standard InChI is InChI=1S/C13H26N6O7/c1-6(21)7(14)4-19(2)18-11(23)8(3-10(15)22)16-13(26)17-9(5-20)12(24)25/h6-9,20-21H,3-5,14H2,1-2H3,(H2,15,22)(H,18,23)(H,24,25)(H2,16,17,26). The molecule has 0 aliphatic heterocycles. The highest BCUT2D eigenvalue weighted by Crippen LogP contribution is 1.96. The van der Waals surface area contributed by atoms with Gasteiger partial charge >= 0.3 is 12.0 Å². The number of carboxylic acid groups (broad SMARTS) is 1. The maximum Gasteiger partial charge on any atom is 0.328 e. The number of aliphatic carboxylic acids is 1. The number of rotatable bonds is 11. The number of nitrogens with zero attached hydrogens (tertiary/aromatic N) is 1. The number of hydrogen-bond acceptors (Lipinski definition) is 8. The quantitative estimate of drug-likeness (QED) is 0.162. The lowest BCUT2D eigenvalue weighted by molar-refractivity contribution is -0.140. The van der Waals surface area contributed by atoms with Crippen LogP contribution in [-0.2, 0) is 14.4 Å². The molecule has 10 N–H and O–H groups in total. The van der Waals surface area contributed by atoms with Crippen molar-refractivity contribution >= 4 is 23.8 Å². The summed E-state index contributed by atoms with van der Waals surface area (Å²) in [7, 11) is 1.45. The van der Waals surface area contributed by atoms with Crippen LogP contribution in [0.4, 0.5) is 4.79 Å². The van der Waals surface area contributed by atoms with E-state index < -0.39 is 61.1 Å². The van der Waals surface area contributed by atoms with E-state index in [0.29, 0.717) is 0 Å². The monoisotopic (exact) mass is 378 g/mol. The van der Waals surface area contributed by atoms with E-state index in [2.05, 4.69) is 10.7 Å². The largest absolute Gasteiger partial charge is 0.480 e. The van der Waals surface area contributed by atoms with Gasteiger partial charge in [-0.2, -0.15) is 0 Å². The highest BCUT2D eigenvalue weighted by atomic mass is 16.4. The number of urea groups is 1. The number of amides is 4. The molecule has 0 spiro atoms. The van der Waals surface area contributed by atoms with Crippen LogP contribution in [0, 0.1) is 0 Å². The summed E-state index contributed by atoms with van der Waals surface area (Å²) in [6.45, 7) is 0.683. The molecule has 0 aromatic carbocycles. The zero-order valence-corrected chi connectivity index (χ0v) is 14.5. The topological polar surface area (TPSA) is 220 Å². The molecule has 26 heavy (non-hydrogen) atoms. The van der Waals surface area contributed by atoms with Crippen molar-refractivity contribution in [1.29, 1.82) is 0 Å². The number of aliphatic hydroxyl groups excluding tert-OH is 2. The van der Waals surface area contributed by atoms with Gasteiger partial charge in [-0.05, 0) is 6.92 Å². The number of nitrogens with two attached hydrogens (primary N) is 2. The molecule has 0 fully saturated rings. The van der Waals surface area contributed by atoms with Gasteiger partial charge in [-0.15, -0.1) is 0 Å². The third-order valence-corrected chi connectivity index (χ3v) is 3.22. The first-order chi connectivity index (χ1) is 12.0. The van der Waals surface area contributed by atoms with Crippen LogP contribution >= 0.6 is 0 Å². The van der Waals surface area contributed by atoms with Gasteiger partial charge in [-0.25, -0.2) is 14.6 Å². The Labute approximate surface area is 149 Å². The zero-order valence-electron chi connectivity index (χ0n) is 14.5. The Morgan fingerprint density at radius 3 is 2.12 bits per heavy atom. The molecule has 0 aromatic heterocycles. The van der Waals surface area contributed by atoms with Gasteiger partial charge in [0.25, 0.3) is 5.91 Å². The van der Waals surface area contributed by atoms with E-state index >= 15 is 0 Å². The second-order valence-electron chi connectivity index (χ2n) is 5.68. The van der Waals surface area contributed by atoms with Crippen LogP contribution in [0.3, 0.4) is 0 Å². The molecule has 13 heteroatoms. The number of likely N-dealkylation sites (N-methyl/N-ethyl adjacent to an activating group) is 1. The van der Waals surface area contributed by atoms with E-state index in [4.69, 9.17) is 21.7 Å². The molecule has 0 saturated carbocycles. The van der Waals surface area contributed by atoms with E-state index in [-0.39, 0.29) is 6.54 Å². The summed E-state index contributed by atoms with van der Waals surface area (Å²) in [6.07, 6.45) is -1.38. The molecule has 0 heterocycles. The SMILES string of the molecule is CC(O)C(N)CN(C)NC(=O)C(CC(N)=O)NC(=O)NC(CO)C(=O)O. The van der Waals surface area contributed by atoms with Crippen LogP contribution in [0.2, 0.25) is 0 Å². The van der Waals surface area contributed by atoms with Crippen molar-refractivity contribution < 1.29 is 34.5 Å². The lowest BCUT2D eigenvalue weighted by Gasteiger charge is -2.26. The Morgan fingerprint density at radius 1 is 1.15 bits per heavy atom. The smallest absolute Gasteiger partial charge is 0.328 e. The minimum atomic E-state index is -1.58. The average Bonchev–Trinajstić information content (AvgIpc) is 2.50. The van der Waals surface area contributed by atoms with E-state index in [1.54, 1.807) is 0 Å². The number of primary amides is 1. The molecule has 4 atom stereocenters. The van der Waals surface area contributed by atoms with Crippen molar-refractivity contribution in [3.8, 4) is 0 Å². The van der Waals surface area contributed by atoms with Crippen molar-refractivity contribution in [2.45, 2.75) is 37.6 Å². The molecule has 0 bridgehead atoms. The van der Waals surface area contributed by atoms with Crippen molar-refractivity contribution in [2.75, 3.05) is 20.2 Å². The van der Waals surface area contributed by atoms with Gasteiger partial charge < -0.3 is 37.4 Å². The summed E-state index contributed by atoms with van der Waals surface area (Å²) in [6, 6.07) is -4.73. The van der Waals surface area contributed by atoms with E-state index in [9.17, 15) is 24.3 Å². The van der Waals surface area contributed by atoms with Gasteiger partial charge in [0, 0.05) is 19.6 Å². The van der Waals surface area contributed by atoms with E-state index in [0.717, 1.165) is 0 Å². The number of carbonyl (C=O) groups excluding carboxylic acids is 3. The number of carbonyl (C=O) groups is 4. The Bertz CT molecular complexity index is 515. The molecule has 13 nitrogen and oxygen atoms in total. The van der Waals surface area contributed by atoms with Crippen LogP contribution in [0.5, 0.6) is 0 Å². The summed E-state index contributed by atoms with van der Waals surface area (Å²) in [5, 5.41) is 32.3. The van der Waals surface area contributed by atoms with Crippen molar-refractivity contribution in [3.05, 3.63) is 0 Å². The van der Waals surface area contributed by atoms with E-state index in [1.165, 1.54) is 19.0 Å². The van der Waals surface area contributed by atoms with E-state index in [1.807, 2.05) is 5.32 Å². The molecule has 0 aliphatic rings. The van der Waals surface area contributed by atoms with Crippen LogP contribution in [0.1, 0.15) is 13.3 Å². The Kier molecular flexibility index (Phi) is 10.1. The number of hydrogen-bond donors (Lipinski definition) is 8. The fraction of sp³-hybridized carbons (Fsp3) is 0.692. The Hall–Kier alpha value is -2.48. The van der Waals surface area contributed by atoms with Crippen LogP contribution in [0.15, 0.2) is 0 Å². The lowest BCUT2D eigenvalue weighted by atomic mass is 10.2. The molecular formula is C13H26N6O7. The second-order valence-corrected chi connectivity index (χ2v) is 5.68. The second kappa shape index (κ2) is 11.2. The summed E-state index contributed by atoms with van der Waals surface area (Å²) in [4.78, 5) is 45.8. The van der Waals surface area contributed by atoms with Crippen molar-refractivity contribution in [2.24, 2.45) is 11.5 Å². The van der Waals surface area contributed by atoms with Gasteiger partial charge in [-0.1, -0.05) is 0 Å². The fourth-order valence-corrected chi connectivity index (χ4v) is 1.73. The first kappa shape index (κ1) is 23.5. The average molecular weight is 378 g/mol. The minimum Gasteiger partial charge on any atom is -0.480 e. The van der Waals surface area contributed by atoms with Gasteiger partial charge in [0.2, 0.25) is 5.91 Å². The van der Waals surface area contributed by atoms with Crippen LogP contribution < -0.4 is 27.5 Å². The molecular weight excluding hydrogens is 352 g/mol. The molecule has 0 saturated heterocycles. The third kappa shape index (κ3) is 9.12.